The van der Waals surface area contributed by atoms with Gasteiger partial charge in [-0.05, 0) is 36.4 Å². The summed E-state index contributed by atoms with van der Waals surface area (Å²) < 4.78 is 6.29. The summed E-state index contributed by atoms with van der Waals surface area (Å²) in [5, 5.41) is 0.960. The number of ether oxygens (including phenoxy) is 1. The summed E-state index contributed by atoms with van der Waals surface area (Å²) in [6.45, 7) is 0.543. The predicted octanol–water partition coefficient (Wildman–Crippen LogP) is 4.06. The average molecular weight is 358 g/mol. The highest BCUT2D eigenvalue weighted by Gasteiger charge is 2.12. The van der Waals surface area contributed by atoms with E-state index < -0.39 is 0 Å². The van der Waals surface area contributed by atoms with Gasteiger partial charge in [-0.25, -0.2) is 4.98 Å². The number of carbonyl (C=O) groups is 1. The second-order valence-electron chi connectivity index (χ2n) is 5.29. The summed E-state index contributed by atoms with van der Waals surface area (Å²) in [4.78, 5) is 19.7. The highest BCUT2D eigenvalue weighted by Crippen LogP contribution is 2.24. The van der Waals surface area contributed by atoms with Crippen LogP contribution in [0.3, 0.4) is 0 Å². The Morgan fingerprint density at radius 2 is 1.96 bits per heavy atom. The number of hydrogen-bond donors (Lipinski definition) is 0. The molecule has 0 aliphatic carbocycles. The van der Waals surface area contributed by atoms with Gasteiger partial charge in [0.2, 0.25) is 5.91 Å². The van der Waals surface area contributed by atoms with Crippen LogP contribution in [0.5, 0.6) is 5.75 Å². The van der Waals surface area contributed by atoms with Crippen LogP contribution in [0.1, 0.15) is 5.01 Å². The predicted molar refractivity (Wildman–Crippen MR) is 99.8 cm³/mol. The van der Waals surface area contributed by atoms with Crippen molar-refractivity contribution in [3.63, 3.8) is 0 Å². The van der Waals surface area contributed by atoms with Gasteiger partial charge in [-0.3, -0.25) is 4.79 Å². The van der Waals surface area contributed by atoms with Crippen LogP contribution in [0.4, 0.5) is 0 Å². The minimum absolute atomic E-state index is 0.0927. The van der Waals surface area contributed by atoms with Crippen molar-refractivity contribution in [1.29, 1.82) is 0 Å². The van der Waals surface area contributed by atoms with Gasteiger partial charge in [0, 0.05) is 11.9 Å². The Morgan fingerprint density at radius 1 is 1.21 bits per heavy atom. The molecule has 0 bridgehead atoms. The maximum absolute atomic E-state index is 12.3. The van der Waals surface area contributed by atoms with Crippen molar-refractivity contribution >= 4 is 39.2 Å². The molecule has 2 aromatic carbocycles. The van der Waals surface area contributed by atoms with E-state index in [0.29, 0.717) is 12.3 Å². The van der Waals surface area contributed by atoms with Crippen molar-refractivity contribution in [3.8, 4) is 5.75 Å². The lowest BCUT2D eigenvalue weighted by atomic mass is 10.3. The van der Waals surface area contributed by atoms with E-state index in [0.717, 1.165) is 25.9 Å². The van der Waals surface area contributed by atoms with Crippen LogP contribution in [0.25, 0.3) is 10.2 Å². The van der Waals surface area contributed by atoms with Gasteiger partial charge in [-0.15, -0.1) is 23.1 Å². The normalized spacial score (nSPS) is 10.8. The Labute approximate surface area is 149 Å². The van der Waals surface area contributed by atoms with Crippen molar-refractivity contribution in [2.45, 2.75) is 11.4 Å². The number of nitrogens with zero attached hydrogens (tertiary/aromatic N) is 2. The number of benzene rings is 2. The maximum Gasteiger partial charge on any atom is 0.233 e. The summed E-state index contributed by atoms with van der Waals surface area (Å²) in [7, 11) is 3.46. The first-order valence-corrected chi connectivity index (χ1v) is 9.31. The topological polar surface area (TPSA) is 42.4 Å². The number of thiazole rings is 1. The van der Waals surface area contributed by atoms with Crippen LogP contribution >= 0.6 is 23.1 Å². The number of hydrogen-bond acceptors (Lipinski definition) is 5. The zero-order valence-corrected chi connectivity index (χ0v) is 15.2. The molecule has 0 saturated carbocycles. The van der Waals surface area contributed by atoms with Crippen molar-refractivity contribution in [1.82, 2.24) is 9.88 Å². The standard InChI is InChI=1S/C18H18N2O2S2/c1-20(11-17-19-15-5-3-4-6-16(15)24-17)18(21)12-23-14-9-7-13(22-2)8-10-14/h3-10H,11-12H2,1-2H3. The van der Waals surface area contributed by atoms with Crippen molar-refractivity contribution in [3.05, 3.63) is 53.5 Å². The van der Waals surface area contributed by atoms with E-state index in [1.54, 1.807) is 23.3 Å². The first-order valence-electron chi connectivity index (χ1n) is 7.51. The van der Waals surface area contributed by atoms with Gasteiger partial charge < -0.3 is 9.64 Å². The van der Waals surface area contributed by atoms with E-state index in [4.69, 9.17) is 4.74 Å². The summed E-state index contributed by atoms with van der Waals surface area (Å²) in [5.74, 6) is 1.32. The van der Waals surface area contributed by atoms with E-state index in [1.165, 1.54) is 11.8 Å². The number of fused-ring (bicyclic) bond motifs is 1. The third-order valence-electron chi connectivity index (χ3n) is 3.56. The summed E-state index contributed by atoms with van der Waals surface area (Å²) in [6, 6.07) is 15.8. The van der Waals surface area contributed by atoms with Gasteiger partial charge in [0.25, 0.3) is 0 Å². The fraction of sp³-hybridized carbons (Fsp3) is 0.222. The Bertz CT molecular complexity index is 797. The molecule has 1 aromatic heterocycles. The molecule has 0 spiro atoms. The number of aromatic nitrogens is 1. The second-order valence-corrected chi connectivity index (χ2v) is 7.45. The third kappa shape index (κ3) is 4.07. The minimum Gasteiger partial charge on any atom is -0.497 e. The average Bonchev–Trinajstić information content (AvgIpc) is 3.02. The number of thioether (sulfide) groups is 1. The summed E-state index contributed by atoms with van der Waals surface area (Å²) >= 11 is 3.16. The molecule has 24 heavy (non-hydrogen) atoms. The first kappa shape index (κ1) is 16.8. The molecule has 6 heteroatoms. The van der Waals surface area contributed by atoms with E-state index in [1.807, 2.05) is 49.5 Å². The SMILES string of the molecule is COc1ccc(SCC(=O)N(C)Cc2nc3ccccc3s2)cc1. The van der Waals surface area contributed by atoms with E-state index >= 15 is 0 Å². The Morgan fingerprint density at radius 3 is 2.67 bits per heavy atom. The number of para-hydroxylation sites is 1. The second kappa shape index (κ2) is 7.68. The summed E-state index contributed by atoms with van der Waals surface area (Å²) in [5.41, 5.74) is 0.992. The van der Waals surface area contributed by atoms with Crippen LogP contribution in [-0.2, 0) is 11.3 Å². The zero-order chi connectivity index (χ0) is 16.9. The van der Waals surface area contributed by atoms with Crippen LogP contribution in [0.15, 0.2) is 53.4 Å². The smallest absolute Gasteiger partial charge is 0.233 e. The third-order valence-corrected chi connectivity index (χ3v) is 5.58. The molecular formula is C18H18N2O2S2. The molecular weight excluding hydrogens is 340 g/mol. The first-order chi connectivity index (χ1) is 11.7. The fourth-order valence-corrected chi connectivity index (χ4v) is 4.07. The van der Waals surface area contributed by atoms with E-state index in [9.17, 15) is 4.79 Å². The molecule has 0 unspecified atom stereocenters. The van der Waals surface area contributed by atoms with E-state index in [-0.39, 0.29) is 5.91 Å². The lowest BCUT2D eigenvalue weighted by Crippen LogP contribution is -2.27. The number of methoxy groups -OCH3 is 1. The number of rotatable bonds is 6. The largest absolute Gasteiger partial charge is 0.497 e. The molecule has 0 N–H and O–H groups in total. The quantitative estimate of drug-likeness (QED) is 0.623. The lowest BCUT2D eigenvalue weighted by molar-refractivity contribution is -0.127. The van der Waals surface area contributed by atoms with Crippen LogP contribution in [-0.4, -0.2) is 35.7 Å². The zero-order valence-electron chi connectivity index (χ0n) is 13.6. The molecule has 124 valence electrons. The van der Waals surface area contributed by atoms with Gasteiger partial charge in [-0.1, -0.05) is 12.1 Å². The minimum atomic E-state index is 0.0927. The molecule has 1 amide bonds. The van der Waals surface area contributed by atoms with Crippen LogP contribution in [0.2, 0.25) is 0 Å². The Balaban J connectivity index is 1.55. The van der Waals surface area contributed by atoms with Gasteiger partial charge in [-0.2, -0.15) is 0 Å². The molecule has 0 atom stereocenters. The van der Waals surface area contributed by atoms with Crippen molar-refractivity contribution < 1.29 is 9.53 Å². The Hall–Kier alpha value is -2.05. The van der Waals surface area contributed by atoms with Gasteiger partial charge in [0.15, 0.2) is 0 Å². The van der Waals surface area contributed by atoms with Gasteiger partial charge in [0.05, 0.1) is 29.6 Å². The lowest BCUT2D eigenvalue weighted by Gasteiger charge is -2.15. The molecule has 1 heterocycles. The molecule has 0 radical (unpaired) electrons. The van der Waals surface area contributed by atoms with Gasteiger partial charge in [0.1, 0.15) is 10.8 Å². The molecule has 0 aliphatic rings. The van der Waals surface area contributed by atoms with E-state index in [2.05, 4.69) is 11.1 Å². The molecule has 0 fully saturated rings. The van der Waals surface area contributed by atoms with Crippen LogP contribution < -0.4 is 4.74 Å². The fourth-order valence-electron chi connectivity index (χ4n) is 2.21. The van der Waals surface area contributed by atoms with Gasteiger partial charge >= 0.3 is 0 Å². The molecule has 3 aromatic rings. The maximum atomic E-state index is 12.3. The number of amides is 1. The van der Waals surface area contributed by atoms with Crippen LogP contribution in [0, 0.1) is 0 Å². The molecule has 0 saturated heterocycles. The summed E-state index contributed by atoms with van der Waals surface area (Å²) in [6.07, 6.45) is 0. The Kier molecular flexibility index (Phi) is 5.37. The molecule has 3 rings (SSSR count). The monoisotopic (exact) mass is 358 g/mol. The molecule has 0 aliphatic heterocycles. The highest BCUT2D eigenvalue weighted by atomic mass is 32.2. The van der Waals surface area contributed by atoms with Crippen molar-refractivity contribution in [2.24, 2.45) is 0 Å². The number of carbonyl (C=O) groups excluding carboxylic acids is 1. The highest BCUT2D eigenvalue weighted by molar-refractivity contribution is 8.00. The molecule has 4 nitrogen and oxygen atoms in total. The van der Waals surface area contributed by atoms with Crippen molar-refractivity contribution in [2.75, 3.05) is 19.9 Å².